The van der Waals surface area contributed by atoms with Crippen LogP contribution in [0.3, 0.4) is 0 Å². The summed E-state index contributed by atoms with van der Waals surface area (Å²) in [7, 11) is 2.96. The number of hydrogen-bond donors (Lipinski definition) is 2. The summed E-state index contributed by atoms with van der Waals surface area (Å²) in [5, 5.41) is 8.74. The Hall–Kier alpha value is -1.56. The molecule has 6 nitrogen and oxygen atoms in total. The van der Waals surface area contributed by atoms with Gasteiger partial charge < -0.3 is 20.3 Å². The van der Waals surface area contributed by atoms with Gasteiger partial charge in [-0.25, -0.2) is 4.79 Å². The van der Waals surface area contributed by atoms with Crippen molar-refractivity contribution in [2.75, 3.05) is 14.2 Å². The largest absolute Gasteiger partial charge is 0.496 e. The van der Waals surface area contributed by atoms with E-state index in [1.54, 1.807) is 30.3 Å². The number of carbonyl (C=O) groups excluding carboxylic acids is 1. The molecule has 3 N–H and O–H groups in total. The van der Waals surface area contributed by atoms with Gasteiger partial charge in [0.1, 0.15) is 17.1 Å². The Morgan fingerprint density at radius 1 is 0.917 bits per heavy atom. The Labute approximate surface area is 166 Å². The molecule has 0 saturated heterocycles. The van der Waals surface area contributed by atoms with Crippen LogP contribution in [0.1, 0.15) is 20.7 Å². The van der Waals surface area contributed by atoms with E-state index in [9.17, 15) is 9.59 Å². The standard InChI is InChI=1S/C8H8INO2.C8H7IO3/c2*1-12-7-3-2-5(9)4-6(7)8(10)11/h2-4H,1H3,(H2,10,11);2-4H,1H3,(H,10,11). The van der Waals surface area contributed by atoms with E-state index in [1.807, 2.05) is 6.07 Å². The van der Waals surface area contributed by atoms with Crippen molar-refractivity contribution in [3.8, 4) is 11.5 Å². The van der Waals surface area contributed by atoms with E-state index in [-0.39, 0.29) is 5.56 Å². The number of carbonyl (C=O) groups is 2. The van der Waals surface area contributed by atoms with E-state index in [0.717, 1.165) is 7.14 Å². The summed E-state index contributed by atoms with van der Waals surface area (Å²) in [6.07, 6.45) is 0. The first-order chi connectivity index (χ1) is 11.3. The van der Waals surface area contributed by atoms with Gasteiger partial charge in [-0.05, 0) is 81.6 Å². The molecule has 2 aromatic rings. The monoisotopic (exact) mass is 555 g/mol. The van der Waals surface area contributed by atoms with Crippen molar-refractivity contribution >= 4 is 57.1 Å². The first kappa shape index (κ1) is 20.5. The maximum absolute atomic E-state index is 10.9. The molecule has 0 heterocycles. The molecule has 1 amide bonds. The average Bonchev–Trinajstić information content (AvgIpc) is 2.55. The van der Waals surface area contributed by atoms with Gasteiger partial charge in [-0.1, -0.05) is 0 Å². The first-order valence-corrected chi connectivity index (χ1v) is 8.66. The highest BCUT2D eigenvalue weighted by Gasteiger charge is 2.10. The van der Waals surface area contributed by atoms with Gasteiger partial charge in [-0.3, -0.25) is 4.79 Å². The molecule has 0 unspecified atom stereocenters. The Morgan fingerprint density at radius 2 is 1.33 bits per heavy atom. The molecule has 0 fully saturated rings. The van der Waals surface area contributed by atoms with Gasteiger partial charge in [0.25, 0.3) is 5.91 Å². The highest BCUT2D eigenvalue weighted by atomic mass is 127. The van der Waals surface area contributed by atoms with Crippen molar-refractivity contribution in [2.45, 2.75) is 0 Å². The number of methoxy groups -OCH3 is 2. The molecule has 0 bridgehead atoms. The zero-order valence-corrected chi connectivity index (χ0v) is 17.2. The normalized spacial score (nSPS) is 9.50. The predicted molar refractivity (Wildman–Crippen MR) is 107 cm³/mol. The molecule has 0 atom stereocenters. The second-order valence-electron chi connectivity index (χ2n) is 4.36. The number of primary amides is 1. The fourth-order valence-corrected chi connectivity index (χ4v) is 2.70. The molecule has 0 saturated carbocycles. The number of carboxylic acids is 1. The number of ether oxygens (including phenoxy) is 2. The SMILES string of the molecule is COc1ccc(I)cc1C(=O)O.COc1ccc(I)cc1C(N)=O. The van der Waals surface area contributed by atoms with Crippen LogP contribution in [-0.2, 0) is 0 Å². The molecule has 2 aromatic carbocycles. The quantitative estimate of drug-likeness (QED) is 0.565. The minimum atomic E-state index is -0.967. The average molecular weight is 555 g/mol. The Balaban J connectivity index is 0.000000240. The molecule has 0 aliphatic carbocycles. The fourth-order valence-electron chi connectivity index (χ4n) is 1.72. The van der Waals surface area contributed by atoms with Crippen molar-refractivity contribution in [1.82, 2.24) is 0 Å². The molecule has 0 aliphatic rings. The second kappa shape index (κ2) is 9.67. The first-order valence-electron chi connectivity index (χ1n) is 6.50. The highest BCUT2D eigenvalue weighted by Crippen LogP contribution is 2.21. The van der Waals surface area contributed by atoms with Gasteiger partial charge in [0, 0.05) is 7.14 Å². The van der Waals surface area contributed by atoms with Gasteiger partial charge >= 0.3 is 5.97 Å². The number of amides is 1. The van der Waals surface area contributed by atoms with Crippen molar-refractivity contribution < 1.29 is 24.2 Å². The van der Waals surface area contributed by atoms with Gasteiger partial charge in [0.05, 0.1) is 19.8 Å². The third-order valence-electron chi connectivity index (χ3n) is 2.82. The lowest BCUT2D eigenvalue weighted by Gasteiger charge is -2.04. The topological polar surface area (TPSA) is 98.8 Å². The van der Waals surface area contributed by atoms with E-state index in [0.29, 0.717) is 17.1 Å². The van der Waals surface area contributed by atoms with Crippen LogP contribution < -0.4 is 15.2 Å². The number of nitrogens with two attached hydrogens (primary N) is 1. The molecular weight excluding hydrogens is 540 g/mol. The maximum Gasteiger partial charge on any atom is 0.339 e. The number of benzene rings is 2. The van der Waals surface area contributed by atoms with Gasteiger partial charge in [-0.2, -0.15) is 0 Å². The summed E-state index contributed by atoms with van der Waals surface area (Å²) in [5.74, 6) is -0.526. The van der Waals surface area contributed by atoms with Crippen LogP contribution in [0.5, 0.6) is 11.5 Å². The maximum atomic E-state index is 10.9. The van der Waals surface area contributed by atoms with E-state index >= 15 is 0 Å². The zero-order chi connectivity index (χ0) is 18.3. The van der Waals surface area contributed by atoms with Crippen LogP contribution in [0.15, 0.2) is 36.4 Å². The predicted octanol–water partition coefficient (Wildman–Crippen LogP) is 3.40. The van der Waals surface area contributed by atoms with Crippen molar-refractivity contribution in [1.29, 1.82) is 0 Å². The number of aromatic carboxylic acids is 1. The number of halogens is 2. The lowest BCUT2D eigenvalue weighted by Crippen LogP contribution is -2.12. The fraction of sp³-hybridized carbons (Fsp3) is 0.125. The van der Waals surface area contributed by atoms with E-state index < -0.39 is 11.9 Å². The minimum Gasteiger partial charge on any atom is -0.496 e. The molecule has 128 valence electrons. The lowest BCUT2D eigenvalue weighted by atomic mass is 10.2. The van der Waals surface area contributed by atoms with Crippen LogP contribution in [0.4, 0.5) is 0 Å². The van der Waals surface area contributed by atoms with Crippen LogP contribution in [-0.4, -0.2) is 31.2 Å². The molecule has 2 rings (SSSR count). The molecular formula is C16H15I2NO5. The molecule has 0 radical (unpaired) electrons. The van der Waals surface area contributed by atoms with E-state index in [4.69, 9.17) is 20.3 Å². The van der Waals surface area contributed by atoms with Crippen LogP contribution in [0.2, 0.25) is 0 Å². The number of carboxylic acid groups (broad SMARTS) is 1. The Morgan fingerprint density at radius 3 is 1.71 bits per heavy atom. The highest BCUT2D eigenvalue weighted by molar-refractivity contribution is 14.1. The van der Waals surface area contributed by atoms with Gasteiger partial charge in [0.2, 0.25) is 0 Å². The molecule has 0 spiro atoms. The summed E-state index contributed by atoms with van der Waals surface area (Å²) in [6.45, 7) is 0. The van der Waals surface area contributed by atoms with Gasteiger partial charge in [-0.15, -0.1) is 0 Å². The third kappa shape index (κ3) is 5.82. The van der Waals surface area contributed by atoms with E-state index in [1.165, 1.54) is 14.2 Å². The van der Waals surface area contributed by atoms with Crippen molar-refractivity contribution in [3.63, 3.8) is 0 Å². The molecule has 24 heavy (non-hydrogen) atoms. The number of hydrogen-bond acceptors (Lipinski definition) is 4. The van der Waals surface area contributed by atoms with Gasteiger partial charge in [0.15, 0.2) is 0 Å². The summed E-state index contributed by atoms with van der Waals surface area (Å²) in [4.78, 5) is 21.5. The second-order valence-corrected chi connectivity index (χ2v) is 6.85. The Kier molecular flexibility index (Phi) is 8.25. The smallest absolute Gasteiger partial charge is 0.339 e. The van der Waals surface area contributed by atoms with Crippen molar-refractivity contribution in [2.24, 2.45) is 5.73 Å². The summed E-state index contributed by atoms with van der Waals surface area (Å²) in [6, 6.07) is 10.3. The summed E-state index contributed by atoms with van der Waals surface area (Å²) < 4.78 is 11.7. The minimum absolute atomic E-state index is 0.199. The summed E-state index contributed by atoms with van der Waals surface area (Å²) in [5.41, 5.74) is 5.76. The van der Waals surface area contributed by atoms with Crippen LogP contribution in [0.25, 0.3) is 0 Å². The molecule has 0 aromatic heterocycles. The molecule has 0 aliphatic heterocycles. The summed E-state index contributed by atoms with van der Waals surface area (Å²) >= 11 is 4.16. The lowest BCUT2D eigenvalue weighted by molar-refractivity contribution is 0.0693. The number of rotatable bonds is 4. The van der Waals surface area contributed by atoms with Crippen LogP contribution in [0, 0.1) is 7.14 Å². The van der Waals surface area contributed by atoms with E-state index in [2.05, 4.69) is 45.2 Å². The van der Waals surface area contributed by atoms with Crippen LogP contribution >= 0.6 is 45.2 Å². The zero-order valence-electron chi connectivity index (χ0n) is 12.9. The third-order valence-corrected chi connectivity index (χ3v) is 4.16. The van der Waals surface area contributed by atoms with Crippen molar-refractivity contribution in [3.05, 3.63) is 54.7 Å². The molecule has 8 heteroatoms. The Bertz CT molecular complexity index is 686.